The van der Waals surface area contributed by atoms with Crippen molar-refractivity contribution < 1.29 is 39.5 Å². The molecule has 1 amide bonds. The van der Waals surface area contributed by atoms with Gasteiger partial charge >= 0.3 is 5.97 Å². The van der Waals surface area contributed by atoms with Gasteiger partial charge in [-0.3, -0.25) is 4.79 Å². The molecule has 9 atom stereocenters. The van der Waals surface area contributed by atoms with Crippen LogP contribution in [0.15, 0.2) is 24.3 Å². The van der Waals surface area contributed by atoms with Crippen LogP contribution < -0.4 is 5.32 Å². The number of thioether (sulfide) groups is 1. The van der Waals surface area contributed by atoms with Crippen molar-refractivity contribution in [1.82, 2.24) is 5.32 Å². The minimum atomic E-state index is -1.54. The molecule has 2 aliphatic rings. The number of esters is 1. The zero-order chi connectivity index (χ0) is 27.1. The number of carbonyl (C=O) groups is 2. The SMILES string of the molecule is CCC[C@H]1CC[C@H](C(=O)N[C@@H]([C@H]2O[C@H](SCCOC(=O)c3ccccc3I)[C@H](O)[C@@H](O)[C@H]2O)[C@@H](C)O)C1. The number of aliphatic hydroxyl groups excluding tert-OH is 4. The van der Waals surface area contributed by atoms with E-state index in [0.717, 1.165) is 47.4 Å². The van der Waals surface area contributed by atoms with Crippen molar-refractivity contribution in [3.8, 4) is 0 Å². The number of rotatable bonds is 11. The summed E-state index contributed by atoms with van der Waals surface area (Å²) in [6.07, 6.45) is -1.95. The van der Waals surface area contributed by atoms with Gasteiger partial charge in [-0.1, -0.05) is 31.9 Å². The number of benzene rings is 1. The van der Waals surface area contributed by atoms with Gasteiger partial charge in [-0.05, 0) is 66.8 Å². The molecule has 1 aliphatic heterocycles. The van der Waals surface area contributed by atoms with E-state index in [1.165, 1.54) is 6.92 Å². The van der Waals surface area contributed by atoms with Crippen LogP contribution in [-0.2, 0) is 14.3 Å². The molecular formula is C26H38INO8S. The smallest absolute Gasteiger partial charge is 0.339 e. The molecule has 208 valence electrons. The van der Waals surface area contributed by atoms with Crippen LogP contribution in [0.2, 0.25) is 0 Å². The third-order valence-corrected chi connectivity index (χ3v) is 9.15. The van der Waals surface area contributed by atoms with Crippen molar-refractivity contribution in [3.05, 3.63) is 33.4 Å². The van der Waals surface area contributed by atoms with Crippen LogP contribution in [0.1, 0.15) is 56.3 Å². The minimum Gasteiger partial charge on any atom is -0.461 e. The maximum atomic E-state index is 13.0. The normalized spacial score (nSPS) is 31.5. The maximum absolute atomic E-state index is 13.0. The van der Waals surface area contributed by atoms with E-state index < -0.39 is 48.0 Å². The highest BCUT2D eigenvalue weighted by Crippen LogP contribution is 2.35. The fourth-order valence-corrected chi connectivity index (χ4v) is 6.64. The molecule has 11 heteroatoms. The van der Waals surface area contributed by atoms with Crippen molar-refractivity contribution in [2.24, 2.45) is 11.8 Å². The number of nitrogens with one attached hydrogen (secondary N) is 1. The lowest BCUT2D eigenvalue weighted by molar-refractivity contribution is -0.211. The summed E-state index contributed by atoms with van der Waals surface area (Å²) in [7, 11) is 0. The Balaban J connectivity index is 1.57. The molecule has 3 rings (SSSR count). The average Bonchev–Trinajstić information content (AvgIpc) is 3.34. The van der Waals surface area contributed by atoms with Crippen LogP contribution in [0.4, 0.5) is 0 Å². The molecule has 1 aromatic rings. The molecule has 0 spiro atoms. The quantitative estimate of drug-likeness (QED) is 0.138. The second kappa shape index (κ2) is 14.4. The van der Waals surface area contributed by atoms with E-state index in [-0.39, 0.29) is 24.2 Å². The van der Waals surface area contributed by atoms with Gasteiger partial charge in [-0.15, -0.1) is 11.8 Å². The summed E-state index contributed by atoms with van der Waals surface area (Å²) in [6, 6.07) is 6.08. The number of aliphatic hydroxyl groups is 4. The summed E-state index contributed by atoms with van der Waals surface area (Å²) in [6.45, 7) is 3.65. The largest absolute Gasteiger partial charge is 0.461 e. The predicted molar refractivity (Wildman–Crippen MR) is 148 cm³/mol. The van der Waals surface area contributed by atoms with E-state index >= 15 is 0 Å². The van der Waals surface area contributed by atoms with E-state index in [2.05, 4.69) is 34.8 Å². The molecule has 2 fully saturated rings. The first-order valence-corrected chi connectivity index (χ1v) is 15.0. The van der Waals surface area contributed by atoms with Crippen LogP contribution in [-0.4, -0.2) is 86.7 Å². The average molecular weight is 652 g/mol. The number of hydrogen-bond donors (Lipinski definition) is 5. The summed E-state index contributed by atoms with van der Waals surface area (Å²) < 4.78 is 12.0. The van der Waals surface area contributed by atoms with Gasteiger partial charge in [0.2, 0.25) is 5.91 Å². The molecule has 9 nitrogen and oxygen atoms in total. The molecule has 0 radical (unpaired) electrons. The van der Waals surface area contributed by atoms with Gasteiger partial charge in [0.1, 0.15) is 36.5 Å². The Kier molecular flexibility index (Phi) is 11.9. The van der Waals surface area contributed by atoms with E-state index in [4.69, 9.17) is 9.47 Å². The fourth-order valence-electron chi connectivity index (χ4n) is 5.05. The van der Waals surface area contributed by atoms with Crippen LogP contribution in [0.25, 0.3) is 0 Å². The Morgan fingerprint density at radius 3 is 2.59 bits per heavy atom. The molecular weight excluding hydrogens is 613 g/mol. The van der Waals surface area contributed by atoms with Crippen molar-refractivity contribution in [1.29, 1.82) is 0 Å². The predicted octanol–water partition coefficient (Wildman–Crippen LogP) is 2.07. The summed E-state index contributed by atoms with van der Waals surface area (Å²) in [5.41, 5.74) is -0.503. The van der Waals surface area contributed by atoms with Gasteiger partial charge < -0.3 is 35.2 Å². The highest BCUT2D eigenvalue weighted by atomic mass is 127. The Labute approximate surface area is 235 Å². The summed E-state index contributed by atoms with van der Waals surface area (Å²) in [5, 5.41) is 44.9. The lowest BCUT2D eigenvalue weighted by Gasteiger charge is -2.44. The van der Waals surface area contributed by atoms with Crippen LogP contribution in [0.3, 0.4) is 0 Å². The van der Waals surface area contributed by atoms with E-state index in [1.54, 1.807) is 18.2 Å². The van der Waals surface area contributed by atoms with Crippen LogP contribution in [0, 0.1) is 15.4 Å². The van der Waals surface area contributed by atoms with Crippen molar-refractivity contribution in [3.63, 3.8) is 0 Å². The zero-order valence-corrected chi connectivity index (χ0v) is 24.1. The number of halogens is 1. The zero-order valence-electron chi connectivity index (χ0n) is 21.2. The Bertz CT molecular complexity index is 905. The Morgan fingerprint density at radius 1 is 1.19 bits per heavy atom. The molecule has 1 saturated heterocycles. The lowest BCUT2D eigenvalue weighted by Crippen LogP contribution is -2.65. The van der Waals surface area contributed by atoms with Gasteiger partial charge in [-0.2, -0.15) is 0 Å². The number of amides is 1. The Hall–Kier alpha value is -0.960. The van der Waals surface area contributed by atoms with Gasteiger partial charge in [0.15, 0.2) is 0 Å². The molecule has 5 N–H and O–H groups in total. The van der Waals surface area contributed by atoms with E-state index in [1.807, 2.05) is 6.07 Å². The van der Waals surface area contributed by atoms with Gasteiger partial charge in [-0.25, -0.2) is 4.79 Å². The second-order valence-corrected chi connectivity index (χ2v) is 12.2. The molecule has 0 aromatic heterocycles. The fraction of sp³-hybridized carbons (Fsp3) is 0.692. The molecule has 0 bridgehead atoms. The van der Waals surface area contributed by atoms with Crippen molar-refractivity contribution >= 4 is 46.2 Å². The van der Waals surface area contributed by atoms with Crippen LogP contribution >= 0.6 is 34.4 Å². The molecule has 1 heterocycles. The topological polar surface area (TPSA) is 146 Å². The molecule has 0 unspecified atom stereocenters. The first-order valence-electron chi connectivity index (χ1n) is 12.8. The maximum Gasteiger partial charge on any atom is 0.339 e. The standard InChI is InChI=1S/C26H38INO8S/c1-3-6-15-9-10-16(13-15)24(33)28-19(14(2)29)23-21(31)20(30)22(32)26(36-23)37-12-11-35-25(34)17-7-4-5-8-18(17)27/h4-5,7-8,14-16,19-23,26,29-32H,3,6,9-13H2,1-2H3,(H,28,33)/t14-,15+,16+,19-,20+,21-,22-,23-,26-/m1/s1. The molecule has 1 aromatic carbocycles. The first-order chi connectivity index (χ1) is 17.6. The summed E-state index contributed by atoms with van der Waals surface area (Å²) >= 11 is 3.17. The monoisotopic (exact) mass is 651 g/mol. The van der Waals surface area contributed by atoms with Crippen LogP contribution in [0.5, 0.6) is 0 Å². The third-order valence-electron chi connectivity index (χ3n) is 7.09. The van der Waals surface area contributed by atoms with Gasteiger partial charge in [0.05, 0.1) is 17.7 Å². The van der Waals surface area contributed by atoms with Crippen molar-refractivity contribution in [2.45, 2.75) is 87.9 Å². The van der Waals surface area contributed by atoms with E-state index in [9.17, 15) is 30.0 Å². The van der Waals surface area contributed by atoms with Crippen molar-refractivity contribution in [2.75, 3.05) is 12.4 Å². The molecule has 37 heavy (non-hydrogen) atoms. The molecule has 1 saturated carbocycles. The highest BCUT2D eigenvalue weighted by Gasteiger charge is 2.48. The molecule has 1 aliphatic carbocycles. The first kappa shape index (κ1) is 30.6. The minimum absolute atomic E-state index is 0.0432. The summed E-state index contributed by atoms with van der Waals surface area (Å²) in [4.78, 5) is 25.3. The highest BCUT2D eigenvalue weighted by molar-refractivity contribution is 14.1. The summed E-state index contributed by atoms with van der Waals surface area (Å²) in [5.74, 6) is -0.0541. The number of hydrogen-bond acceptors (Lipinski definition) is 9. The lowest BCUT2D eigenvalue weighted by atomic mass is 9.91. The number of ether oxygens (including phenoxy) is 2. The number of carbonyl (C=O) groups excluding carboxylic acids is 2. The third kappa shape index (κ3) is 8.02. The Morgan fingerprint density at radius 2 is 1.92 bits per heavy atom. The van der Waals surface area contributed by atoms with E-state index in [0.29, 0.717) is 11.5 Å². The van der Waals surface area contributed by atoms with Gasteiger partial charge in [0, 0.05) is 15.2 Å². The second-order valence-electron chi connectivity index (χ2n) is 9.87. The van der Waals surface area contributed by atoms with Gasteiger partial charge in [0.25, 0.3) is 0 Å².